The first-order valence-electron chi connectivity index (χ1n) is 4.33. The standard InChI is InChI=1S/C9H15IO2/c1-8(3-4-10)7-9-11-5-2-6-12-9/h3-4,8-9H,2,5-7H2,1H3/b4-3-. The van der Waals surface area contributed by atoms with Gasteiger partial charge in [-0.25, -0.2) is 0 Å². The van der Waals surface area contributed by atoms with E-state index < -0.39 is 0 Å². The van der Waals surface area contributed by atoms with E-state index in [1.165, 1.54) is 0 Å². The zero-order chi connectivity index (χ0) is 8.81. The molecule has 0 radical (unpaired) electrons. The van der Waals surface area contributed by atoms with Gasteiger partial charge < -0.3 is 9.47 Å². The van der Waals surface area contributed by atoms with Crippen LogP contribution in [0.1, 0.15) is 19.8 Å². The molecule has 1 aliphatic rings. The van der Waals surface area contributed by atoms with Crippen molar-refractivity contribution in [3.8, 4) is 0 Å². The lowest BCUT2D eigenvalue weighted by atomic mass is 10.1. The van der Waals surface area contributed by atoms with Gasteiger partial charge in [-0.15, -0.1) is 0 Å². The second-order valence-corrected chi connectivity index (χ2v) is 3.78. The zero-order valence-corrected chi connectivity index (χ0v) is 9.49. The van der Waals surface area contributed by atoms with Crippen LogP contribution in [0.5, 0.6) is 0 Å². The van der Waals surface area contributed by atoms with Gasteiger partial charge in [-0.3, -0.25) is 0 Å². The minimum absolute atomic E-state index is 0.0290. The second kappa shape index (κ2) is 5.94. The van der Waals surface area contributed by atoms with E-state index in [2.05, 4.69) is 35.6 Å². The van der Waals surface area contributed by atoms with E-state index >= 15 is 0 Å². The Morgan fingerprint density at radius 3 is 2.75 bits per heavy atom. The first kappa shape index (κ1) is 10.5. The molecule has 1 aliphatic heterocycles. The van der Waals surface area contributed by atoms with Crippen LogP contribution in [0.2, 0.25) is 0 Å². The second-order valence-electron chi connectivity index (χ2n) is 3.06. The molecule has 3 heteroatoms. The molecule has 1 fully saturated rings. The van der Waals surface area contributed by atoms with Crippen molar-refractivity contribution in [1.82, 2.24) is 0 Å². The Bertz CT molecular complexity index is 141. The fourth-order valence-corrected chi connectivity index (χ4v) is 1.89. The van der Waals surface area contributed by atoms with Gasteiger partial charge in [0.1, 0.15) is 0 Å². The molecular weight excluding hydrogens is 267 g/mol. The molecule has 0 N–H and O–H groups in total. The predicted molar refractivity (Wildman–Crippen MR) is 57.3 cm³/mol. The van der Waals surface area contributed by atoms with Gasteiger partial charge >= 0.3 is 0 Å². The van der Waals surface area contributed by atoms with Crippen LogP contribution >= 0.6 is 22.6 Å². The summed E-state index contributed by atoms with van der Waals surface area (Å²) in [5.41, 5.74) is 0. The number of halogens is 1. The molecule has 0 aromatic carbocycles. The topological polar surface area (TPSA) is 18.5 Å². The Hall–Kier alpha value is 0.390. The third-order valence-electron chi connectivity index (χ3n) is 1.86. The highest BCUT2D eigenvalue weighted by atomic mass is 127. The Labute approximate surface area is 87.5 Å². The van der Waals surface area contributed by atoms with E-state index in [9.17, 15) is 0 Å². The lowest BCUT2D eigenvalue weighted by Crippen LogP contribution is -2.26. The van der Waals surface area contributed by atoms with Crippen molar-refractivity contribution in [1.29, 1.82) is 0 Å². The van der Waals surface area contributed by atoms with E-state index in [1.54, 1.807) is 0 Å². The lowest BCUT2D eigenvalue weighted by molar-refractivity contribution is -0.184. The molecule has 1 heterocycles. The molecule has 0 aliphatic carbocycles. The molecule has 12 heavy (non-hydrogen) atoms. The number of ether oxygens (including phenoxy) is 2. The van der Waals surface area contributed by atoms with Crippen molar-refractivity contribution < 1.29 is 9.47 Å². The monoisotopic (exact) mass is 282 g/mol. The third-order valence-corrected chi connectivity index (χ3v) is 2.28. The molecule has 1 rings (SSSR count). The largest absolute Gasteiger partial charge is 0.353 e. The van der Waals surface area contributed by atoms with Gasteiger partial charge in [0.25, 0.3) is 0 Å². The third kappa shape index (κ3) is 3.87. The summed E-state index contributed by atoms with van der Waals surface area (Å²) in [5.74, 6) is 0.546. The molecule has 0 aromatic heterocycles. The molecule has 0 bridgehead atoms. The fraction of sp³-hybridized carbons (Fsp3) is 0.778. The van der Waals surface area contributed by atoms with Crippen LogP contribution in [0.25, 0.3) is 0 Å². The minimum Gasteiger partial charge on any atom is -0.353 e. The van der Waals surface area contributed by atoms with E-state index in [-0.39, 0.29) is 6.29 Å². The van der Waals surface area contributed by atoms with Gasteiger partial charge in [0, 0.05) is 6.42 Å². The number of hydrogen-bond donors (Lipinski definition) is 0. The molecular formula is C9H15IO2. The SMILES string of the molecule is CC(/C=C\I)CC1OCCCO1. The lowest BCUT2D eigenvalue weighted by Gasteiger charge is -2.24. The van der Waals surface area contributed by atoms with Gasteiger partial charge in [0.05, 0.1) is 13.2 Å². The van der Waals surface area contributed by atoms with Crippen molar-refractivity contribution >= 4 is 22.6 Å². The van der Waals surface area contributed by atoms with Gasteiger partial charge in [0.2, 0.25) is 0 Å². The highest BCUT2D eigenvalue weighted by Crippen LogP contribution is 2.15. The predicted octanol–water partition coefficient (Wildman–Crippen LogP) is 2.72. The number of allylic oxidation sites excluding steroid dienone is 1. The maximum Gasteiger partial charge on any atom is 0.158 e. The van der Waals surface area contributed by atoms with Crippen molar-refractivity contribution in [2.45, 2.75) is 26.1 Å². The summed E-state index contributed by atoms with van der Waals surface area (Å²) in [6.07, 6.45) is 4.20. The average molecular weight is 282 g/mol. The van der Waals surface area contributed by atoms with Crippen LogP contribution in [0.15, 0.2) is 10.2 Å². The average Bonchev–Trinajstić information content (AvgIpc) is 2.06. The normalized spacial score (nSPS) is 23.2. The molecule has 0 saturated carbocycles. The maximum atomic E-state index is 5.44. The quantitative estimate of drug-likeness (QED) is 0.741. The number of hydrogen-bond acceptors (Lipinski definition) is 2. The fourth-order valence-electron chi connectivity index (χ4n) is 1.18. The molecule has 0 amide bonds. The summed E-state index contributed by atoms with van der Waals surface area (Å²) in [4.78, 5) is 0. The summed E-state index contributed by atoms with van der Waals surface area (Å²) in [6, 6.07) is 0. The van der Waals surface area contributed by atoms with Crippen LogP contribution in [-0.2, 0) is 9.47 Å². The van der Waals surface area contributed by atoms with E-state index in [4.69, 9.17) is 9.47 Å². The molecule has 1 saturated heterocycles. The van der Waals surface area contributed by atoms with E-state index in [0.717, 1.165) is 26.1 Å². The van der Waals surface area contributed by atoms with Crippen molar-refractivity contribution in [2.24, 2.45) is 5.92 Å². The first-order chi connectivity index (χ1) is 5.83. The maximum absolute atomic E-state index is 5.44. The summed E-state index contributed by atoms with van der Waals surface area (Å²) in [5, 5.41) is 0. The highest BCUT2D eigenvalue weighted by Gasteiger charge is 2.15. The van der Waals surface area contributed by atoms with E-state index in [1.807, 2.05) is 4.08 Å². The van der Waals surface area contributed by atoms with Crippen LogP contribution in [0.3, 0.4) is 0 Å². The Balaban J connectivity index is 2.19. The Kier molecular flexibility index (Phi) is 5.18. The molecule has 0 spiro atoms. The van der Waals surface area contributed by atoms with Gasteiger partial charge in [-0.2, -0.15) is 0 Å². The highest BCUT2D eigenvalue weighted by molar-refractivity contribution is 14.1. The first-order valence-corrected chi connectivity index (χ1v) is 5.57. The van der Waals surface area contributed by atoms with Crippen LogP contribution in [0, 0.1) is 5.92 Å². The van der Waals surface area contributed by atoms with E-state index in [0.29, 0.717) is 5.92 Å². The summed E-state index contributed by atoms with van der Waals surface area (Å²) < 4.78 is 12.9. The van der Waals surface area contributed by atoms with Crippen LogP contribution < -0.4 is 0 Å². The molecule has 1 unspecified atom stereocenters. The van der Waals surface area contributed by atoms with Gasteiger partial charge in [-0.1, -0.05) is 35.6 Å². The smallest absolute Gasteiger partial charge is 0.158 e. The van der Waals surface area contributed by atoms with Gasteiger partial charge in [0.15, 0.2) is 6.29 Å². The Morgan fingerprint density at radius 1 is 1.50 bits per heavy atom. The molecule has 70 valence electrons. The molecule has 0 aromatic rings. The van der Waals surface area contributed by atoms with Crippen molar-refractivity contribution in [3.63, 3.8) is 0 Å². The number of rotatable bonds is 3. The van der Waals surface area contributed by atoms with Crippen molar-refractivity contribution in [3.05, 3.63) is 10.2 Å². The summed E-state index contributed by atoms with van der Waals surface area (Å²) in [7, 11) is 0. The van der Waals surface area contributed by atoms with Crippen LogP contribution in [-0.4, -0.2) is 19.5 Å². The summed E-state index contributed by atoms with van der Waals surface area (Å²) >= 11 is 2.23. The van der Waals surface area contributed by atoms with Gasteiger partial charge in [-0.05, 0) is 16.4 Å². The summed E-state index contributed by atoms with van der Waals surface area (Å²) in [6.45, 7) is 3.88. The Morgan fingerprint density at radius 2 is 2.17 bits per heavy atom. The van der Waals surface area contributed by atoms with Crippen LogP contribution in [0.4, 0.5) is 0 Å². The molecule has 2 nitrogen and oxygen atoms in total. The molecule has 1 atom stereocenters. The minimum atomic E-state index is 0.0290. The zero-order valence-electron chi connectivity index (χ0n) is 7.33. The van der Waals surface area contributed by atoms with Crippen molar-refractivity contribution in [2.75, 3.05) is 13.2 Å².